The van der Waals surface area contributed by atoms with Gasteiger partial charge in [-0.2, -0.15) is 0 Å². The van der Waals surface area contributed by atoms with Crippen molar-refractivity contribution in [2.75, 3.05) is 34.7 Å². The van der Waals surface area contributed by atoms with E-state index >= 15 is 0 Å². The van der Waals surface area contributed by atoms with Gasteiger partial charge in [-0.25, -0.2) is 8.42 Å². The number of amides is 2. The lowest BCUT2D eigenvalue weighted by molar-refractivity contribution is -0.114. The fourth-order valence-corrected chi connectivity index (χ4v) is 4.20. The van der Waals surface area contributed by atoms with Crippen LogP contribution in [0.5, 0.6) is 0 Å². The highest BCUT2D eigenvalue weighted by Gasteiger charge is 2.17. The van der Waals surface area contributed by atoms with Gasteiger partial charge in [0.15, 0.2) is 0 Å². The largest absolute Gasteiger partial charge is 0.326 e. The molecule has 2 aromatic rings. The SMILES string of the molecule is CC(=O)Nc1ccc(NS(C)(=O)=O)c(C(=O)Nc2cccc(CN3CCCCC3)c2)c1. The number of nitrogens with one attached hydrogen (secondary N) is 3. The minimum Gasteiger partial charge on any atom is -0.326 e. The van der Waals surface area contributed by atoms with Crippen molar-refractivity contribution in [2.45, 2.75) is 32.7 Å². The van der Waals surface area contributed by atoms with Crippen molar-refractivity contribution in [1.82, 2.24) is 4.90 Å². The molecule has 0 aliphatic carbocycles. The van der Waals surface area contributed by atoms with E-state index in [1.54, 1.807) is 6.07 Å². The number of likely N-dealkylation sites (tertiary alicyclic amines) is 1. The topological polar surface area (TPSA) is 108 Å². The molecule has 1 aliphatic heterocycles. The van der Waals surface area contributed by atoms with Gasteiger partial charge in [0.1, 0.15) is 0 Å². The monoisotopic (exact) mass is 444 g/mol. The maximum atomic E-state index is 13.0. The summed E-state index contributed by atoms with van der Waals surface area (Å²) < 4.78 is 25.8. The zero-order valence-corrected chi connectivity index (χ0v) is 18.6. The van der Waals surface area contributed by atoms with Gasteiger partial charge in [0.25, 0.3) is 5.91 Å². The quantitative estimate of drug-likeness (QED) is 0.608. The molecule has 166 valence electrons. The number of rotatable bonds is 7. The molecular formula is C22H28N4O4S. The Morgan fingerprint density at radius 1 is 0.968 bits per heavy atom. The average Bonchev–Trinajstić information content (AvgIpc) is 2.68. The second kappa shape index (κ2) is 9.93. The summed E-state index contributed by atoms with van der Waals surface area (Å²) in [5.74, 6) is -0.769. The molecule has 0 radical (unpaired) electrons. The third-order valence-electron chi connectivity index (χ3n) is 4.92. The predicted molar refractivity (Wildman–Crippen MR) is 123 cm³/mol. The third-order valence-corrected chi connectivity index (χ3v) is 5.51. The summed E-state index contributed by atoms with van der Waals surface area (Å²) in [5, 5.41) is 5.44. The number of carbonyl (C=O) groups is 2. The van der Waals surface area contributed by atoms with Crippen LogP contribution in [0, 0.1) is 0 Å². The molecular weight excluding hydrogens is 416 g/mol. The van der Waals surface area contributed by atoms with Gasteiger partial charge in [0.2, 0.25) is 15.9 Å². The van der Waals surface area contributed by atoms with Gasteiger partial charge in [-0.05, 0) is 61.8 Å². The van der Waals surface area contributed by atoms with E-state index in [0.717, 1.165) is 31.5 Å². The molecule has 0 spiro atoms. The Morgan fingerprint density at radius 3 is 2.35 bits per heavy atom. The molecule has 0 saturated carbocycles. The first-order valence-electron chi connectivity index (χ1n) is 10.2. The van der Waals surface area contributed by atoms with Gasteiger partial charge >= 0.3 is 0 Å². The number of sulfonamides is 1. The summed E-state index contributed by atoms with van der Waals surface area (Å²) in [5.41, 5.74) is 2.36. The molecule has 2 amide bonds. The number of hydrogen-bond acceptors (Lipinski definition) is 5. The minimum atomic E-state index is -3.59. The molecule has 8 nitrogen and oxygen atoms in total. The Bertz CT molecular complexity index is 1060. The van der Waals surface area contributed by atoms with Crippen LogP contribution in [0.4, 0.5) is 17.1 Å². The second-order valence-electron chi connectivity index (χ2n) is 7.81. The van der Waals surface area contributed by atoms with E-state index in [4.69, 9.17) is 0 Å². The van der Waals surface area contributed by atoms with Crippen molar-refractivity contribution in [3.63, 3.8) is 0 Å². The van der Waals surface area contributed by atoms with E-state index in [1.165, 1.54) is 44.4 Å². The highest BCUT2D eigenvalue weighted by molar-refractivity contribution is 7.92. The number of nitrogens with zero attached hydrogens (tertiary/aromatic N) is 1. The summed E-state index contributed by atoms with van der Waals surface area (Å²) in [4.78, 5) is 26.8. The van der Waals surface area contributed by atoms with Crippen LogP contribution in [0.3, 0.4) is 0 Å². The maximum absolute atomic E-state index is 13.0. The molecule has 1 aliphatic rings. The molecule has 31 heavy (non-hydrogen) atoms. The van der Waals surface area contributed by atoms with E-state index in [9.17, 15) is 18.0 Å². The first-order valence-corrected chi connectivity index (χ1v) is 12.1. The normalized spacial score (nSPS) is 14.6. The molecule has 1 saturated heterocycles. The van der Waals surface area contributed by atoms with E-state index in [-0.39, 0.29) is 17.2 Å². The standard InChI is InChI=1S/C22H28N4O4S/c1-16(27)23-19-9-10-21(25-31(2,29)30)20(14-19)22(28)24-18-8-6-7-17(13-18)15-26-11-4-3-5-12-26/h6-10,13-14,25H,3-5,11-12,15H2,1-2H3,(H,23,27)(H,24,28). The van der Waals surface area contributed by atoms with Crippen LogP contribution in [0.1, 0.15) is 42.1 Å². The number of anilines is 3. The van der Waals surface area contributed by atoms with Gasteiger partial charge in [-0.1, -0.05) is 18.6 Å². The molecule has 1 fully saturated rings. The fourth-order valence-electron chi connectivity index (χ4n) is 3.62. The lowest BCUT2D eigenvalue weighted by Gasteiger charge is -2.26. The van der Waals surface area contributed by atoms with Crippen molar-refractivity contribution in [3.8, 4) is 0 Å². The number of piperidine rings is 1. The molecule has 0 bridgehead atoms. The third kappa shape index (κ3) is 7.08. The van der Waals surface area contributed by atoms with Crippen LogP contribution >= 0.6 is 0 Å². The Labute approximate surface area is 183 Å². The summed E-state index contributed by atoms with van der Waals surface area (Å²) in [7, 11) is -3.59. The fraction of sp³-hybridized carbons (Fsp3) is 0.364. The summed E-state index contributed by atoms with van der Waals surface area (Å²) in [6.07, 6.45) is 4.70. The van der Waals surface area contributed by atoms with Gasteiger partial charge in [-0.3, -0.25) is 19.2 Å². The van der Waals surface area contributed by atoms with Crippen molar-refractivity contribution >= 4 is 38.9 Å². The van der Waals surface area contributed by atoms with Crippen LogP contribution < -0.4 is 15.4 Å². The van der Waals surface area contributed by atoms with Crippen molar-refractivity contribution < 1.29 is 18.0 Å². The lowest BCUT2D eigenvalue weighted by Crippen LogP contribution is -2.29. The van der Waals surface area contributed by atoms with Crippen LogP contribution in [0.25, 0.3) is 0 Å². The highest BCUT2D eigenvalue weighted by Crippen LogP contribution is 2.24. The molecule has 2 aromatic carbocycles. The first kappa shape index (κ1) is 22.8. The van der Waals surface area contributed by atoms with Crippen LogP contribution in [0.2, 0.25) is 0 Å². The van der Waals surface area contributed by atoms with E-state index in [1.807, 2.05) is 18.2 Å². The van der Waals surface area contributed by atoms with Crippen molar-refractivity contribution in [2.24, 2.45) is 0 Å². The summed E-state index contributed by atoms with van der Waals surface area (Å²) in [6.45, 7) is 4.33. The van der Waals surface area contributed by atoms with E-state index < -0.39 is 15.9 Å². The van der Waals surface area contributed by atoms with Crippen LogP contribution in [0.15, 0.2) is 42.5 Å². The Kier molecular flexibility index (Phi) is 7.29. The Hall–Kier alpha value is -2.91. The molecule has 1 heterocycles. The van der Waals surface area contributed by atoms with Crippen LogP contribution in [-0.2, 0) is 21.4 Å². The van der Waals surface area contributed by atoms with Crippen molar-refractivity contribution in [1.29, 1.82) is 0 Å². The van der Waals surface area contributed by atoms with Gasteiger partial charge in [0, 0.05) is 24.8 Å². The molecule has 3 N–H and O–H groups in total. The van der Waals surface area contributed by atoms with E-state index in [0.29, 0.717) is 11.4 Å². The Balaban J connectivity index is 1.81. The van der Waals surface area contributed by atoms with Gasteiger partial charge in [0.05, 0.1) is 17.5 Å². The zero-order chi connectivity index (χ0) is 22.4. The number of hydrogen-bond donors (Lipinski definition) is 3. The van der Waals surface area contributed by atoms with Crippen LogP contribution in [-0.4, -0.2) is 44.5 Å². The highest BCUT2D eigenvalue weighted by atomic mass is 32.2. The smallest absolute Gasteiger partial charge is 0.257 e. The summed E-state index contributed by atoms with van der Waals surface area (Å²) >= 11 is 0. The molecule has 0 aromatic heterocycles. The molecule has 9 heteroatoms. The van der Waals surface area contributed by atoms with Gasteiger partial charge < -0.3 is 10.6 Å². The average molecular weight is 445 g/mol. The summed E-state index contributed by atoms with van der Waals surface area (Å²) in [6, 6.07) is 12.1. The maximum Gasteiger partial charge on any atom is 0.257 e. The minimum absolute atomic E-state index is 0.109. The molecule has 0 unspecified atom stereocenters. The predicted octanol–water partition coefficient (Wildman–Crippen LogP) is 3.25. The number of carbonyl (C=O) groups excluding carboxylic acids is 2. The van der Waals surface area contributed by atoms with E-state index in [2.05, 4.69) is 20.3 Å². The van der Waals surface area contributed by atoms with Crippen molar-refractivity contribution in [3.05, 3.63) is 53.6 Å². The molecule has 3 rings (SSSR count). The zero-order valence-electron chi connectivity index (χ0n) is 17.8. The lowest BCUT2D eigenvalue weighted by atomic mass is 10.1. The second-order valence-corrected chi connectivity index (χ2v) is 9.56. The first-order chi connectivity index (χ1) is 14.7. The Morgan fingerprint density at radius 2 is 1.68 bits per heavy atom. The number of benzene rings is 2. The van der Waals surface area contributed by atoms with Gasteiger partial charge in [-0.15, -0.1) is 0 Å². The molecule has 0 atom stereocenters.